The Morgan fingerprint density at radius 3 is 2.16 bits per heavy atom. The highest BCUT2D eigenvalue weighted by molar-refractivity contribution is 7.89. The van der Waals surface area contributed by atoms with Crippen molar-refractivity contribution in [2.24, 2.45) is 0 Å². The molecule has 0 radical (unpaired) electrons. The minimum atomic E-state index is -3.84. The van der Waals surface area contributed by atoms with Crippen molar-refractivity contribution in [2.45, 2.75) is 56.9 Å². The predicted octanol–water partition coefficient (Wildman–Crippen LogP) is 3.02. The molecule has 1 aromatic carbocycles. The number of halogens is 1. The molecule has 0 atom stereocenters. The molecule has 1 fully saturated rings. The fourth-order valence-corrected chi connectivity index (χ4v) is 4.97. The minimum absolute atomic E-state index is 0.0341. The van der Waals surface area contributed by atoms with E-state index in [-0.39, 0.29) is 23.4 Å². The zero-order chi connectivity index (χ0) is 18.4. The van der Waals surface area contributed by atoms with Crippen LogP contribution in [-0.4, -0.2) is 49.2 Å². The van der Waals surface area contributed by atoms with Gasteiger partial charge in [-0.25, -0.2) is 12.8 Å². The van der Waals surface area contributed by atoms with Crippen LogP contribution in [0.4, 0.5) is 4.39 Å². The summed E-state index contributed by atoms with van der Waals surface area (Å²) in [6.45, 7) is 4.68. The number of carbonyl (C=O) groups excluding carboxylic acids is 1. The summed E-state index contributed by atoms with van der Waals surface area (Å²) in [5, 5.41) is 0. The maximum atomic E-state index is 13.2. The number of rotatable bonds is 7. The Balaban J connectivity index is 2.32. The first kappa shape index (κ1) is 19.8. The van der Waals surface area contributed by atoms with Crippen molar-refractivity contribution in [3.05, 3.63) is 30.1 Å². The van der Waals surface area contributed by atoms with Gasteiger partial charge in [0.2, 0.25) is 15.9 Å². The summed E-state index contributed by atoms with van der Waals surface area (Å²) in [4.78, 5) is 14.2. The Morgan fingerprint density at radius 1 is 1.08 bits per heavy atom. The number of carbonyl (C=O) groups is 1. The summed E-state index contributed by atoms with van der Waals surface area (Å²) >= 11 is 0. The summed E-state index contributed by atoms with van der Waals surface area (Å²) in [5.74, 6) is -0.677. The third kappa shape index (κ3) is 4.79. The minimum Gasteiger partial charge on any atom is -0.342 e. The van der Waals surface area contributed by atoms with E-state index >= 15 is 0 Å². The van der Waals surface area contributed by atoms with E-state index in [4.69, 9.17) is 0 Å². The zero-order valence-corrected chi connectivity index (χ0v) is 15.8. The molecule has 1 aliphatic rings. The van der Waals surface area contributed by atoms with Gasteiger partial charge in [-0.3, -0.25) is 4.79 Å². The van der Waals surface area contributed by atoms with Crippen LogP contribution in [0.3, 0.4) is 0 Å². The largest absolute Gasteiger partial charge is 0.342 e. The lowest BCUT2D eigenvalue weighted by Gasteiger charge is -2.34. The maximum absolute atomic E-state index is 13.2. The lowest BCUT2D eigenvalue weighted by atomic mass is 9.95. The van der Waals surface area contributed by atoms with Gasteiger partial charge in [-0.2, -0.15) is 4.31 Å². The Labute approximate surface area is 149 Å². The standard InChI is InChI=1S/C18H27FN2O3S/c1-3-20(4-2)18(22)14-21(16-8-6-5-7-9-16)25(23,24)17-12-10-15(19)11-13-17/h10-13,16H,3-9,14H2,1-2H3. The smallest absolute Gasteiger partial charge is 0.243 e. The second-order valence-electron chi connectivity index (χ2n) is 6.36. The molecule has 1 aliphatic carbocycles. The van der Waals surface area contributed by atoms with Gasteiger partial charge in [0.25, 0.3) is 0 Å². The highest BCUT2D eigenvalue weighted by atomic mass is 32.2. The van der Waals surface area contributed by atoms with Crippen LogP contribution in [0.25, 0.3) is 0 Å². The molecule has 0 spiro atoms. The van der Waals surface area contributed by atoms with E-state index in [9.17, 15) is 17.6 Å². The van der Waals surface area contributed by atoms with Crippen molar-refractivity contribution in [3.8, 4) is 0 Å². The van der Waals surface area contributed by atoms with Crippen LogP contribution in [0.2, 0.25) is 0 Å². The predicted molar refractivity (Wildman–Crippen MR) is 95.1 cm³/mol. The Hall–Kier alpha value is -1.47. The van der Waals surface area contributed by atoms with E-state index in [0.717, 1.165) is 44.2 Å². The van der Waals surface area contributed by atoms with Gasteiger partial charge < -0.3 is 4.90 Å². The van der Waals surface area contributed by atoms with Crippen LogP contribution < -0.4 is 0 Å². The maximum Gasteiger partial charge on any atom is 0.243 e. The first-order chi connectivity index (χ1) is 11.9. The van der Waals surface area contributed by atoms with Gasteiger partial charge in [0.1, 0.15) is 5.82 Å². The van der Waals surface area contributed by atoms with Crippen LogP contribution in [0.15, 0.2) is 29.2 Å². The van der Waals surface area contributed by atoms with Crippen molar-refractivity contribution >= 4 is 15.9 Å². The van der Waals surface area contributed by atoms with Crippen molar-refractivity contribution in [3.63, 3.8) is 0 Å². The number of amides is 1. The van der Waals surface area contributed by atoms with E-state index < -0.39 is 15.8 Å². The van der Waals surface area contributed by atoms with Crippen molar-refractivity contribution in [1.82, 2.24) is 9.21 Å². The molecule has 25 heavy (non-hydrogen) atoms. The van der Waals surface area contributed by atoms with Crippen LogP contribution >= 0.6 is 0 Å². The first-order valence-corrected chi connectivity index (χ1v) is 10.4. The molecule has 1 aromatic rings. The molecule has 0 N–H and O–H groups in total. The molecule has 140 valence electrons. The fourth-order valence-electron chi connectivity index (χ4n) is 3.33. The van der Waals surface area contributed by atoms with Gasteiger partial charge in [-0.1, -0.05) is 19.3 Å². The second-order valence-corrected chi connectivity index (χ2v) is 8.25. The number of likely N-dealkylation sites (N-methyl/N-ethyl adjacent to an activating group) is 1. The van der Waals surface area contributed by atoms with E-state index in [1.807, 2.05) is 13.8 Å². The molecule has 7 heteroatoms. The monoisotopic (exact) mass is 370 g/mol. The second kappa shape index (κ2) is 8.76. The number of sulfonamides is 1. The molecule has 0 heterocycles. The zero-order valence-electron chi connectivity index (χ0n) is 14.9. The van der Waals surface area contributed by atoms with E-state index in [2.05, 4.69) is 0 Å². The fraction of sp³-hybridized carbons (Fsp3) is 0.611. The van der Waals surface area contributed by atoms with Gasteiger partial charge in [0.05, 0.1) is 11.4 Å². The SMILES string of the molecule is CCN(CC)C(=O)CN(C1CCCCC1)S(=O)(=O)c1ccc(F)cc1. The summed E-state index contributed by atoms with van der Waals surface area (Å²) < 4.78 is 40.7. The van der Waals surface area contributed by atoms with Crippen molar-refractivity contribution < 1.29 is 17.6 Å². The van der Waals surface area contributed by atoms with Crippen molar-refractivity contribution in [2.75, 3.05) is 19.6 Å². The number of nitrogens with zero attached hydrogens (tertiary/aromatic N) is 2. The Kier molecular flexibility index (Phi) is 6.95. The summed E-state index contributed by atoms with van der Waals surface area (Å²) in [7, 11) is -3.84. The molecule has 0 unspecified atom stereocenters. The first-order valence-electron chi connectivity index (χ1n) is 8.95. The average Bonchev–Trinajstić information content (AvgIpc) is 2.61. The normalized spacial score (nSPS) is 16.2. The van der Waals surface area contributed by atoms with Crippen molar-refractivity contribution in [1.29, 1.82) is 0 Å². The van der Waals surface area contributed by atoms with E-state index in [1.165, 1.54) is 16.4 Å². The van der Waals surface area contributed by atoms with Crippen LogP contribution in [0, 0.1) is 5.82 Å². The molecular weight excluding hydrogens is 343 g/mol. The molecular formula is C18H27FN2O3S. The highest BCUT2D eigenvalue weighted by Crippen LogP contribution is 2.28. The molecule has 0 aromatic heterocycles. The van der Waals surface area contributed by atoms with Gasteiger partial charge >= 0.3 is 0 Å². The molecule has 2 rings (SSSR count). The van der Waals surface area contributed by atoms with Gasteiger partial charge in [-0.05, 0) is 51.0 Å². The molecule has 0 bridgehead atoms. The number of hydrogen-bond acceptors (Lipinski definition) is 3. The molecule has 1 saturated carbocycles. The topological polar surface area (TPSA) is 57.7 Å². The number of hydrogen-bond donors (Lipinski definition) is 0. The third-order valence-electron chi connectivity index (χ3n) is 4.81. The van der Waals surface area contributed by atoms with Crippen LogP contribution in [-0.2, 0) is 14.8 Å². The van der Waals surface area contributed by atoms with E-state index in [1.54, 1.807) is 4.90 Å². The summed E-state index contributed by atoms with van der Waals surface area (Å²) in [5.41, 5.74) is 0. The lowest BCUT2D eigenvalue weighted by Crippen LogP contribution is -2.48. The quantitative estimate of drug-likeness (QED) is 0.741. The van der Waals surface area contributed by atoms with Crippen LogP contribution in [0.1, 0.15) is 46.0 Å². The highest BCUT2D eigenvalue weighted by Gasteiger charge is 2.34. The third-order valence-corrected chi connectivity index (χ3v) is 6.72. The number of benzene rings is 1. The van der Waals surface area contributed by atoms with Gasteiger partial charge in [-0.15, -0.1) is 0 Å². The average molecular weight is 370 g/mol. The van der Waals surface area contributed by atoms with Gasteiger partial charge in [0.15, 0.2) is 0 Å². The van der Waals surface area contributed by atoms with Crippen LogP contribution in [0.5, 0.6) is 0 Å². The lowest BCUT2D eigenvalue weighted by molar-refractivity contribution is -0.131. The Morgan fingerprint density at radius 2 is 1.64 bits per heavy atom. The summed E-state index contributed by atoms with van der Waals surface area (Å²) in [6, 6.07) is 4.63. The molecule has 0 saturated heterocycles. The molecule has 1 amide bonds. The summed E-state index contributed by atoms with van der Waals surface area (Å²) in [6.07, 6.45) is 4.52. The van der Waals surface area contributed by atoms with Gasteiger partial charge in [0, 0.05) is 19.1 Å². The molecule has 5 nitrogen and oxygen atoms in total. The Bertz CT molecular complexity index is 666. The van der Waals surface area contributed by atoms with E-state index in [0.29, 0.717) is 13.1 Å². The molecule has 0 aliphatic heterocycles.